The van der Waals surface area contributed by atoms with Gasteiger partial charge in [0.2, 0.25) is 0 Å². The molecule has 2 aliphatic heterocycles. The number of aliphatic hydroxyl groups is 1. The molecule has 3 rings (SSSR count). The van der Waals surface area contributed by atoms with Crippen molar-refractivity contribution in [3.05, 3.63) is 34.9 Å². The standard InChI is InChI=1S/C17H22N2O/c1-12-8-13(11-18)6-7-16(12)17(20)9-14-4-3-5-15(10-17)19(14)2/h6-8,14-15,20H,3-5,9-10H2,1-2H3. The van der Waals surface area contributed by atoms with Crippen molar-refractivity contribution in [2.45, 2.75) is 56.7 Å². The quantitative estimate of drug-likeness (QED) is 0.853. The van der Waals surface area contributed by atoms with Crippen molar-refractivity contribution in [2.24, 2.45) is 0 Å². The van der Waals surface area contributed by atoms with E-state index >= 15 is 0 Å². The highest BCUT2D eigenvalue weighted by atomic mass is 16.3. The summed E-state index contributed by atoms with van der Waals surface area (Å²) in [6.07, 6.45) is 5.27. The maximum absolute atomic E-state index is 11.2. The van der Waals surface area contributed by atoms with Crippen LogP contribution in [0.2, 0.25) is 0 Å². The number of piperidine rings is 2. The largest absolute Gasteiger partial charge is 0.385 e. The van der Waals surface area contributed by atoms with E-state index in [-0.39, 0.29) is 0 Å². The molecular formula is C17H22N2O. The first-order chi connectivity index (χ1) is 9.53. The number of aryl methyl sites for hydroxylation is 1. The summed E-state index contributed by atoms with van der Waals surface area (Å²) in [6, 6.07) is 8.82. The van der Waals surface area contributed by atoms with Crippen molar-refractivity contribution in [1.82, 2.24) is 4.90 Å². The average Bonchev–Trinajstić information content (AvgIpc) is 2.40. The predicted octanol–water partition coefficient (Wildman–Crippen LogP) is 2.70. The van der Waals surface area contributed by atoms with Gasteiger partial charge >= 0.3 is 0 Å². The van der Waals surface area contributed by atoms with E-state index in [1.54, 1.807) is 0 Å². The van der Waals surface area contributed by atoms with Crippen LogP contribution in [0.1, 0.15) is 48.8 Å². The first kappa shape index (κ1) is 13.6. The van der Waals surface area contributed by atoms with Crippen LogP contribution in [-0.4, -0.2) is 29.1 Å². The molecule has 0 aromatic heterocycles. The van der Waals surface area contributed by atoms with Crippen molar-refractivity contribution in [1.29, 1.82) is 5.26 Å². The molecule has 0 radical (unpaired) electrons. The molecule has 2 fully saturated rings. The number of nitrogens with zero attached hydrogens (tertiary/aromatic N) is 2. The Kier molecular flexibility index (Phi) is 3.32. The van der Waals surface area contributed by atoms with E-state index in [9.17, 15) is 5.11 Å². The molecule has 0 spiro atoms. The van der Waals surface area contributed by atoms with Crippen molar-refractivity contribution in [3.8, 4) is 6.07 Å². The maximum atomic E-state index is 11.2. The molecule has 3 heteroatoms. The van der Waals surface area contributed by atoms with Gasteiger partial charge < -0.3 is 10.0 Å². The Morgan fingerprint density at radius 2 is 1.95 bits per heavy atom. The molecule has 2 atom stereocenters. The zero-order chi connectivity index (χ0) is 14.3. The summed E-state index contributed by atoms with van der Waals surface area (Å²) >= 11 is 0. The van der Waals surface area contributed by atoms with Crippen LogP contribution in [0.3, 0.4) is 0 Å². The lowest BCUT2D eigenvalue weighted by Crippen LogP contribution is -2.55. The third-order valence-electron chi connectivity index (χ3n) is 5.23. The molecule has 1 aromatic carbocycles. The summed E-state index contributed by atoms with van der Waals surface area (Å²) < 4.78 is 0. The molecule has 1 aromatic rings. The Morgan fingerprint density at radius 3 is 2.50 bits per heavy atom. The third kappa shape index (κ3) is 2.13. The summed E-state index contributed by atoms with van der Waals surface area (Å²) in [5.41, 5.74) is 2.00. The second-order valence-electron chi connectivity index (χ2n) is 6.49. The Morgan fingerprint density at radius 1 is 1.30 bits per heavy atom. The normalized spacial score (nSPS) is 33.7. The molecule has 2 saturated heterocycles. The van der Waals surface area contributed by atoms with Gasteiger partial charge in [-0.1, -0.05) is 12.5 Å². The van der Waals surface area contributed by atoms with Crippen LogP contribution in [-0.2, 0) is 5.60 Å². The van der Waals surface area contributed by atoms with Gasteiger partial charge in [0.25, 0.3) is 0 Å². The molecule has 0 aliphatic carbocycles. The first-order valence-electron chi connectivity index (χ1n) is 7.49. The minimum absolute atomic E-state index is 0.488. The summed E-state index contributed by atoms with van der Waals surface area (Å²) in [5.74, 6) is 0. The van der Waals surface area contributed by atoms with Crippen LogP contribution in [0, 0.1) is 18.3 Å². The summed E-state index contributed by atoms with van der Waals surface area (Å²) in [4.78, 5) is 2.46. The Bertz CT molecular complexity index is 547. The topological polar surface area (TPSA) is 47.3 Å². The van der Waals surface area contributed by atoms with Crippen molar-refractivity contribution in [3.63, 3.8) is 0 Å². The number of nitriles is 1. The number of rotatable bonds is 1. The van der Waals surface area contributed by atoms with E-state index < -0.39 is 5.60 Å². The molecule has 3 nitrogen and oxygen atoms in total. The molecule has 0 amide bonds. The van der Waals surface area contributed by atoms with Crippen LogP contribution in [0.15, 0.2) is 18.2 Å². The van der Waals surface area contributed by atoms with Crippen LogP contribution in [0.4, 0.5) is 0 Å². The highest BCUT2D eigenvalue weighted by Crippen LogP contribution is 2.44. The average molecular weight is 270 g/mol. The monoisotopic (exact) mass is 270 g/mol. The lowest BCUT2D eigenvalue weighted by Gasteiger charge is -2.51. The number of hydrogen-bond acceptors (Lipinski definition) is 3. The van der Waals surface area contributed by atoms with Gasteiger partial charge in [-0.2, -0.15) is 5.26 Å². The maximum Gasteiger partial charge on any atom is 0.0991 e. The first-order valence-corrected chi connectivity index (χ1v) is 7.49. The number of hydrogen-bond donors (Lipinski definition) is 1. The summed E-state index contributed by atoms with van der Waals surface area (Å²) in [5, 5.41) is 20.2. The molecule has 0 saturated carbocycles. The molecule has 2 unspecified atom stereocenters. The van der Waals surface area contributed by atoms with Crippen LogP contribution in [0.5, 0.6) is 0 Å². The fraction of sp³-hybridized carbons (Fsp3) is 0.588. The molecule has 20 heavy (non-hydrogen) atoms. The van der Waals surface area contributed by atoms with E-state index in [1.807, 2.05) is 25.1 Å². The van der Waals surface area contributed by atoms with E-state index in [1.165, 1.54) is 19.3 Å². The third-order valence-corrected chi connectivity index (χ3v) is 5.23. The van der Waals surface area contributed by atoms with Gasteiger partial charge in [0.1, 0.15) is 0 Å². The lowest BCUT2D eigenvalue weighted by atomic mass is 9.72. The van der Waals surface area contributed by atoms with E-state index in [4.69, 9.17) is 5.26 Å². The second kappa shape index (κ2) is 4.87. The molecule has 2 aliphatic rings. The van der Waals surface area contributed by atoms with Gasteiger partial charge in [0, 0.05) is 12.1 Å². The van der Waals surface area contributed by atoms with Crippen molar-refractivity contribution < 1.29 is 5.11 Å². The van der Waals surface area contributed by atoms with Crippen molar-refractivity contribution in [2.75, 3.05) is 7.05 Å². The van der Waals surface area contributed by atoms with Crippen LogP contribution in [0.25, 0.3) is 0 Å². The fourth-order valence-corrected chi connectivity index (χ4v) is 4.12. The van der Waals surface area contributed by atoms with Crippen LogP contribution < -0.4 is 0 Å². The van der Waals surface area contributed by atoms with Gasteiger partial charge in [-0.3, -0.25) is 0 Å². The van der Waals surface area contributed by atoms with Crippen molar-refractivity contribution >= 4 is 0 Å². The predicted molar refractivity (Wildman–Crippen MR) is 78.2 cm³/mol. The number of benzene rings is 1. The summed E-state index contributed by atoms with van der Waals surface area (Å²) in [7, 11) is 2.19. The minimum Gasteiger partial charge on any atom is -0.385 e. The smallest absolute Gasteiger partial charge is 0.0991 e. The molecule has 2 heterocycles. The molecule has 1 N–H and O–H groups in total. The van der Waals surface area contributed by atoms with Gasteiger partial charge in [-0.15, -0.1) is 0 Å². The Hall–Kier alpha value is -1.37. The molecule has 2 bridgehead atoms. The highest BCUT2D eigenvalue weighted by molar-refractivity contribution is 5.40. The van der Waals surface area contributed by atoms with E-state index in [2.05, 4.69) is 18.0 Å². The lowest BCUT2D eigenvalue weighted by molar-refractivity contribution is -0.0877. The van der Waals surface area contributed by atoms with Gasteiger partial charge in [-0.25, -0.2) is 0 Å². The highest BCUT2D eigenvalue weighted by Gasteiger charge is 2.45. The zero-order valence-corrected chi connectivity index (χ0v) is 12.3. The number of fused-ring (bicyclic) bond motifs is 2. The van der Waals surface area contributed by atoms with E-state index in [0.717, 1.165) is 24.0 Å². The van der Waals surface area contributed by atoms with Gasteiger partial charge in [0.05, 0.1) is 17.2 Å². The summed E-state index contributed by atoms with van der Waals surface area (Å²) in [6.45, 7) is 2.00. The Labute approximate surface area is 120 Å². The van der Waals surface area contributed by atoms with Gasteiger partial charge in [-0.05, 0) is 62.9 Å². The second-order valence-corrected chi connectivity index (χ2v) is 6.49. The minimum atomic E-state index is -0.722. The van der Waals surface area contributed by atoms with Crippen LogP contribution >= 0.6 is 0 Å². The fourth-order valence-electron chi connectivity index (χ4n) is 4.12. The van der Waals surface area contributed by atoms with E-state index in [0.29, 0.717) is 17.6 Å². The SMILES string of the molecule is Cc1cc(C#N)ccc1C1(O)CC2CCCC(C1)N2C. The zero-order valence-electron chi connectivity index (χ0n) is 12.3. The molecular weight excluding hydrogens is 248 g/mol. The molecule has 106 valence electrons. The Balaban J connectivity index is 1.95. The van der Waals surface area contributed by atoms with Gasteiger partial charge in [0.15, 0.2) is 0 Å².